The summed E-state index contributed by atoms with van der Waals surface area (Å²) in [6.07, 6.45) is 0. The molecule has 2 nitrogen and oxygen atoms in total. The van der Waals surface area contributed by atoms with Crippen LogP contribution in [0.1, 0.15) is 34.6 Å². The molecule has 0 aromatic heterocycles. The molecule has 0 radical (unpaired) electrons. The SMILES string of the molecule is CC1CN(C(=O)C(C)C(C)(C)C)C1. The van der Waals surface area contributed by atoms with Crippen LogP contribution in [0.2, 0.25) is 0 Å². The fourth-order valence-corrected chi connectivity index (χ4v) is 1.52. The molecule has 2 heteroatoms. The Bertz CT molecular complexity index is 199. The van der Waals surface area contributed by atoms with E-state index in [0.29, 0.717) is 11.8 Å². The first-order valence-corrected chi connectivity index (χ1v) is 5.11. The normalized spacial score (nSPS) is 21.2. The van der Waals surface area contributed by atoms with E-state index in [9.17, 15) is 4.79 Å². The van der Waals surface area contributed by atoms with Gasteiger partial charge in [0.25, 0.3) is 0 Å². The molecule has 1 unspecified atom stereocenters. The quantitative estimate of drug-likeness (QED) is 0.610. The van der Waals surface area contributed by atoms with Gasteiger partial charge in [-0.25, -0.2) is 0 Å². The monoisotopic (exact) mass is 183 g/mol. The third-order valence-electron chi connectivity index (χ3n) is 3.05. The number of nitrogens with zero attached hydrogens (tertiary/aromatic N) is 1. The third kappa shape index (κ3) is 2.23. The fourth-order valence-electron chi connectivity index (χ4n) is 1.52. The first-order chi connectivity index (χ1) is 5.82. The van der Waals surface area contributed by atoms with Crippen LogP contribution in [0, 0.1) is 17.3 Å². The Kier molecular flexibility index (Phi) is 2.69. The van der Waals surface area contributed by atoms with Crippen LogP contribution in [0.25, 0.3) is 0 Å². The Hall–Kier alpha value is -0.530. The van der Waals surface area contributed by atoms with E-state index in [-0.39, 0.29) is 11.3 Å². The van der Waals surface area contributed by atoms with Gasteiger partial charge in [0.1, 0.15) is 0 Å². The van der Waals surface area contributed by atoms with Gasteiger partial charge in [-0.3, -0.25) is 4.79 Å². The van der Waals surface area contributed by atoms with Gasteiger partial charge >= 0.3 is 0 Å². The predicted octanol–water partition coefficient (Wildman–Crippen LogP) is 2.15. The van der Waals surface area contributed by atoms with Crippen LogP contribution in [0.3, 0.4) is 0 Å². The molecule has 0 N–H and O–H groups in total. The molecule has 1 rings (SSSR count). The van der Waals surface area contributed by atoms with Gasteiger partial charge in [-0.1, -0.05) is 34.6 Å². The van der Waals surface area contributed by atoms with E-state index in [1.165, 1.54) is 0 Å². The topological polar surface area (TPSA) is 20.3 Å². The summed E-state index contributed by atoms with van der Waals surface area (Å²) in [7, 11) is 0. The van der Waals surface area contributed by atoms with Gasteiger partial charge < -0.3 is 4.90 Å². The molecule has 1 atom stereocenters. The van der Waals surface area contributed by atoms with Crippen LogP contribution in [-0.4, -0.2) is 23.9 Å². The number of hydrogen-bond acceptors (Lipinski definition) is 1. The molecule has 0 aliphatic carbocycles. The van der Waals surface area contributed by atoms with Crippen LogP contribution in [0.4, 0.5) is 0 Å². The largest absolute Gasteiger partial charge is 0.342 e. The predicted molar refractivity (Wildman–Crippen MR) is 54.4 cm³/mol. The van der Waals surface area contributed by atoms with Crippen molar-refractivity contribution < 1.29 is 4.79 Å². The smallest absolute Gasteiger partial charge is 0.225 e. The van der Waals surface area contributed by atoms with E-state index in [1.807, 2.05) is 11.8 Å². The molecule has 1 aliphatic rings. The van der Waals surface area contributed by atoms with Crippen LogP contribution >= 0.6 is 0 Å². The molecular formula is C11H21NO. The number of amides is 1. The molecule has 76 valence electrons. The molecular weight excluding hydrogens is 162 g/mol. The standard InChI is InChI=1S/C11H21NO/c1-8-6-12(7-8)10(13)9(2)11(3,4)5/h8-9H,6-7H2,1-5H3. The molecule has 1 amide bonds. The third-order valence-corrected chi connectivity index (χ3v) is 3.05. The van der Waals surface area contributed by atoms with Crippen molar-refractivity contribution in [1.82, 2.24) is 4.90 Å². The lowest BCUT2D eigenvalue weighted by atomic mass is 9.80. The zero-order chi connectivity index (χ0) is 10.2. The lowest BCUT2D eigenvalue weighted by Crippen LogP contribution is -2.52. The van der Waals surface area contributed by atoms with E-state index in [1.54, 1.807) is 0 Å². The van der Waals surface area contributed by atoms with Crippen molar-refractivity contribution in [2.45, 2.75) is 34.6 Å². The van der Waals surface area contributed by atoms with Crippen LogP contribution in [-0.2, 0) is 4.79 Å². The van der Waals surface area contributed by atoms with Gasteiger partial charge in [-0.2, -0.15) is 0 Å². The lowest BCUT2D eigenvalue weighted by molar-refractivity contribution is -0.144. The first kappa shape index (κ1) is 10.6. The van der Waals surface area contributed by atoms with Crippen molar-refractivity contribution in [2.75, 3.05) is 13.1 Å². The Balaban J connectivity index is 2.49. The number of carbonyl (C=O) groups is 1. The van der Waals surface area contributed by atoms with E-state index >= 15 is 0 Å². The van der Waals surface area contributed by atoms with Crippen molar-refractivity contribution in [3.8, 4) is 0 Å². The lowest BCUT2D eigenvalue weighted by Gasteiger charge is -2.41. The Morgan fingerprint density at radius 3 is 2.15 bits per heavy atom. The highest BCUT2D eigenvalue weighted by Gasteiger charge is 2.34. The van der Waals surface area contributed by atoms with Gasteiger partial charge in [-0.05, 0) is 11.3 Å². The Labute approximate surface area is 81.3 Å². The summed E-state index contributed by atoms with van der Waals surface area (Å²) in [6, 6.07) is 0. The molecule has 13 heavy (non-hydrogen) atoms. The molecule has 1 fully saturated rings. The maximum Gasteiger partial charge on any atom is 0.225 e. The maximum absolute atomic E-state index is 11.8. The minimum Gasteiger partial charge on any atom is -0.342 e. The van der Waals surface area contributed by atoms with E-state index in [0.717, 1.165) is 13.1 Å². The van der Waals surface area contributed by atoms with Crippen molar-refractivity contribution in [1.29, 1.82) is 0 Å². The minimum atomic E-state index is 0.0932. The minimum absolute atomic E-state index is 0.0932. The van der Waals surface area contributed by atoms with Gasteiger partial charge in [0.15, 0.2) is 0 Å². The van der Waals surface area contributed by atoms with Gasteiger partial charge in [0.2, 0.25) is 5.91 Å². The van der Waals surface area contributed by atoms with E-state index in [4.69, 9.17) is 0 Å². The van der Waals surface area contributed by atoms with Crippen molar-refractivity contribution in [3.63, 3.8) is 0 Å². The second kappa shape index (κ2) is 3.32. The molecule has 1 heterocycles. The van der Waals surface area contributed by atoms with Gasteiger partial charge in [0, 0.05) is 19.0 Å². The summed E-state index contributed by atoms with van der Waals surface area (Å²) in [5.74, 6) is 1.17. The summed E-state index contributed by atoms with van der Waals surface area (Å²) in [5, 5.41) is 0. The molecule has 1 saturated heterocycles. The molecule has 0 saturated carbocycles. The van der Waals surface area contributed by atoms with E-state index < -0.39 is 0 Å². The number of carbonyl (C=O) groups excluding carboxylic acids is 1. The summed E-state index contributed by atoms with van der Waals surface area (Å²) >= 11 is 0. The summed E-state index contributed by atoms with van der Waals surface area (Å²) in [6.45, 7) is 12.5. The van der Waals surface area contributed by atoms with Crippen molar-refractivity contribution >= 4 is 5.91 Å². The average molecular weight is 183 g/mol. The molecule has 0 aromatic rings. The van der Waals surface area contributed by atoms with Crippen molar-refractivity contribution in [3.05, 3.63) is 0 Å². The summed E-state index contributed by atoms with van der Waals surface area (Å²) < 4.78 is 0. The number of hydrogen-bond donors (Lipinski definition) is 0. The number of rotatable bonds is 1. The van der Waals surface area contributed by atoms with Crippen molar-refractivity contribution in [2.24, 2.45) is 17.3 Å². The first-order valence-electron chi connectivity index (χ1n) is 5.11. The van der Waals surface area contributed by atoms with Crippen LogP contribution in [0.15, 0.2) is 0 Å². The van der Waals surface area contributed by atoms with Gasteiger partial charge in [-0.15, -0.1) is 0 Å². The maximum atomic E-state index is 11.8. The summed E-state index contributed by atoms with van der Waals surface area (Å²) in [4.78, 5) is 13.8. The zero-order valence-electron chi connectivity index (χ0n) is 9.42. The number of likely N-dealkylation sites (tertiary alicyclic amines) is 1. The highest BCUT2D eigenvalue weighted by molar-refractivity contribution is 5.79. The Morgan fingerprint density at radius 2 is 1.85 bits per heavy atom. The summed E-state index contributed by atoms with van der Waals surface area (Å²) in [5.41, 5.74) is 0.0932. The molecule has 0 aromatic carbocycles. The Morgan fingerprint density at radius 1 is 1.38 bits per heavy atom. The highest BCUT2D eigenvalue weighted by Crippen LogP contribution is 2.29. The molecule has 0 spiro atoms. The second-order valence-corrected chi connectivity index (χ2v) is 5.44. The molecule has 1 aliphatic heterocycles. The average Bonchev–Trinajstić information content (AvgIpc) is 1.94. The van der Waals surface area contributed by atoms with Gasteiger partial charge in [0.05, 0.1) is 0 Å². The highest BCUT2D eigenvalue weighted by atomic mass is 16.2. The van der Waals surface area contributed by atoms with Crippen LogP contribution < -0.4 is 0 Å². The van der Waals surface area contributed by atoms with E-state index in [2.05, 4.69) is 27.7 Å². The fraction of sp³-hybridized carbons (Fsp3) is 0.909. The second-order valence-electron chi connectivity index (χ2n) is 5.44. The zero-order valence-corrected chi connectivity index (χ0v) is 9.42. The molecule has 0 bridgehead atoms. The van der Waals surface area contributed by atoms with Crippen LogP contribution in [0.5, 0.6) is 0 Å².